The summed E-state index contributed by atoms with van der Waals surface area (Å²) >= 11 is 0. The topological polar surface area (TPSA) is 36.4 Å². The molecule has 0 spiro atoms. The Morgan fingerprint density at radius 3 is 2.41 bits per heavy atom. The van der Waals surface area contributed by atoms with Gasteiger partial charge in [-0.2, -0.15) is 0 Å². The number of benzene rings is 2. The first kappa shape index (κ1) is 22.2. The molecule has 2 heterocycles. The van der Waals surface area contributed by atoms with Crippen molar-refractivity contribution in [2.24, 2.45) is 0 Å². The van der Waals surface area contributed by atoms with Crippen LogP contribution in [0.5, 0.6) is 0 Å². The normalized spacial score (nSPS) is 14.9. The third-order valence-electron chi connectivity index (χ3n) is 6.29. The molecule has 2 aromatic carbocycles. The average Bonchev–Trinajstić information content (AvgIpc) is 2.82. The van der Waals surface area contributed by atoms with Crippen molar-refractivity contribution in [1.29, 1.82) is 0 Å². The number of amides is 1. The standard InChI is InChI=1S/C27H30FN3O/c1-21(32)31(20-26-7-4-5-15-29-26)19-24-6-2-3-8-27(24)23-13-16-30(17-14-23)18-22-9-11-25(28)12-10-22/h2-12,15,23H,13-14,16-20H2,1H3. The van der Waals surface area contributed by atoms with Gasteiger partial charge in [0.1, 0.15) is 5.82 Å². The number of pyridine rings is 1. The zero-order valence-corrected chi connectivity index (χ0v) is 18.6. The first-order valence-corrected chi connectivity index (χ1v) is 11.3. The van der Waals surface area contributed by atoms with Crippen molar-refractivity contribution in [3.05, 3.63) is 101 Å². The third kappa shape index (κ3) is 5.80. The molecule has 1 amide bonds. The Morgan fingerprint density at radius 1 is 1.00 bits per heavy atom. The van der Waals surface area contributed by atoms with E-state index in [1.807, 2.05) is 35.2 Å². The van der Waals surface area contributed by atoms with Crippen molar-refractivity contribution in [2.75, 3.05) is 13.1 Å². The molecule has 0 bridgehead atoms. The maximum Gasteiger partial charge on any atom is 0.220 e. The quantitative estimate of drug-likeness (QED) is 0.519. The summed E-state index contributed by atoms with van der Waals surface area (Å²) in [6.45, 7) is 5.62. The summed E-state index contributed by atoms with van der Waals surface area (Å²) in [7, 11) is 0. The number of nitrogens with zero attached hydrogens (tertiary/aromatic N) is 3. The molecule has 0 saturated carbocycles. The van der Waals surface area contributed by atoms with Crippen molar-refractivity contribution in [3.63, 3.8) is 0 Å². The predicted molar refractivity (Wildman–Crippen MR) is 124 cm³/mol. The van der Waals surface area contributed by atoms with Gasteiger partial charge >= 0.3 is 0 Å². The van der Waals surface area contributed by atoms with E-state index >= 15 is 0 Å². The summed E-state index contributed by atoms with van der Waals surface area (Å²) in [6, 6.07) is 21.1. The van der Waals surface area contributed by atoms with Gasteiger partial charge in [0.25, 0.3) is 0 Å². The van der Waals surface area contributed by atoms with Crippen LogP contribution in [0.4, 0.5) is 4.39 Å². The number of carbonyl (C=O) groups is 1. The molecule has 1 aliphatic heterocycles. The first-order chi connectivity index (χ1) is 15.6. The Hall–Kier alpha value is -3.05. The lowest BCUT2D eigenvalue weighted by Gasteiger charge is -2.33. The lowest BCUT2D eigenvalue weighted by atomic mass is 9.86. The lowest BCUT2D eigenvalue weighted by molar-refractivity contribution is -0.130. The number of carbonyl (C=O) groups excluding carboxylic acids is 1. The van der Waals surface area contributed by atoms with Gasteiger partial charge in [0.15, 0.2) is 0 Å². The molecule has 0 radical (unpaired) electrons. The number of hydrogen-bond acceptors (Lipinski definition) is 3. The van der Waals surface area contributed by atoms with E-state index in [0.717, 1.165) is 43.7 Å². The van der Waals surface area contributed by atoms with E-state index in [1.165, 1.54) is 23.3 Å². The number of hydrogen-bond donors (Lipinski definition) is 0. The Balaban J connectivity index is 1.40. The highest BCUT2D eigenvalue weighted by Crippen LogP contribution is 2.31. The molecule has 4 rings (SSSR count). The van der Waals surface area contributed by atoms with Crippen LogP contribution in [-0.2, 0) is 24.4 Å². The highest BCUT2D eigenvalue weighted by molar-refractivity contribution is 5.73. The van der Waals surface area contributed by atoms with Crippen molar-refractivity contribution in [1.82, 2.24) is 14.8 Å². The monoisotopic (exact) mass is 431 g/mol. The van der Waals surface area contributed by atoms with Crippen molar-refractivity contribution >= 4 is 5.91 Å². The van der Waals surface area contributed by atoms with Gasteiger partial charge in [0, 0.05) is 26.2 Å². The third-order valence-corrected chi connectivity index (χ3v) is 6.29. The number of rotatable bonds is 7. The van der Waals surface area contributed by atoms with Crippen LogP contribution in [0.25, 0.3) is 0 Å². The molecule has 166 valence electrons. The van der Waals surface area contributed by atoms with Gasteiger partial charge in [0.05, 0.1) is 12.2 Å². The van der Waals surface area contributed by atoms with Crippen LogP contribution in [0.2, 0.25) is 0 Å². The molecule has 3 aromatic rings. The molecule has 0 unspecified atom stereocenters. The molecule has 5 heteroatoms. The number of likely N-dealkylation sites (tertiary alicyclic amines) is 1. The van der Waals surface area contributed by atoms with Crippen LogP contribution in [0, 0.1) is 5.82 Å². The second-order valence-corrected chi connectivity index (χ2v) is 8.57. The van der Waals surface area contributed by atoms with Gasteiger partial charge in [-0.05, 0) is 72.8 Å². The second-order valence-electron chi connectivity index (χ2n) is 8.57. The summed E-state index contributed by atoms with van der Waals surface area (Å²) < 4.78 is 13.2. The molecular weight excluding hydrogens is 401 g/mol. The molecule has 0 aliphatic carbocycles. The van der Waals surface area contributed by atoms with E-state index in [2.05, 4.69) is 34.1 Å². The largest absolute Gasteiger partial charge is 0.333 e. The van der Waals surface area contributed by atoms with E-state index in [-0.39, 0.29) is 11.7 Å². The molecule has 4 nitrogen and oxygen atoms in total. The highest BCUT2D eigenvalue weighted by Gasteiger charge is 2.23. The Bertz CT molecular complexity index is 1010. The number of halogens is 1. The van der Waals surface area contributed by atoms with Gasteiger partial charge in [-0.1, -0.05) is 42.5 Å². The summed E-state index contributed by atoms with van der Waals surface area (Å²) in [6.07, 6.45) is 3.93. The molecule has 0 N–H and O–H groups in total. The van der Waals surface area contributed by atoms with Crippen molar-refractivity contribution < 1.29 is 9.18 Å². The van der Waals surface area contributed by atoms with Gasteiger partial charge in [0.2, 0.25) is 5.91 Å². The number of aromatic nitrogens is 1. The SMILES string of the molecule is CC(=O)N(Cc1ccccn1)Cc1ccccc1C1CCN(Cc2ccc(F)cc2)CC1. The minimum atomic E-state index is -0.188. The van der Waals surface area contributed by atoms with Crippen LogP contribution in [0.3, 0.4) is 0 Å². The van der Waals surface area contributed by atoms with Crippen LogP contribution in [0.15, 0.2) is 72.9 Å². The molecule has 0 atom stereocenters. The molecular formula is C27H30FN3O. The fourth-order valence-corrected chi connectivity index (χ4v) is 4.50. The minimum absolute atomic E-state index is 0.0552. The molecule has 1 aromatic heterocycles. The van der Waals surface area contributed by atoms with E-state index in [9.17, 15) is 9.18 Å². The maximum atomic E-state index is 13.2. The van der Waals surface area contributed by atoms with Crippen LogP contribution in [-0.4, -0.2) is 33.8 Å². The zero-order chi connectivity index (χ0) is 22.3. The molecule has 1 fully saturated rings. The fraction of sp³-hybridized carbons (Fsp3) is 0.333. The second kappa shape index (κ2) is 10.5. The van der Waals surface area contributed by atoms with Crippen LogP contribution >= 0.6 is 0 Å². The van der Waals surface area contributed by atoms with Crippen molar-refractivity contribution in [3.8, 4) is 0 Å². The molecule has 1 saturated heterocycles. The van der Waals surface area contributed by atoms with E-state index in [4.69, 9.17) is 0 Å². The van der Waals surface area contributed by atoms with Gasteiger partial charge < -0.3 is 4.90 Å². The highest BCUT2D eigenvalue weighted by atomic mass is 19.1. The Labute approximate surface area is 189 Å². The lowest BCUT2D eigenvalue weighted by Crippen LogP contribution is -2.33. The zero-order valence-electron chi connectivity index (χ0n) is 18.6. The van der Waals surface area contributed by atoms with E-state index < -0.39 is 0 Å². The maximum absolute atomic E-state index is 13.2. The van der Waals surface area contributed by atoms with Gasteiger partial charge in [-0.3, -0.25) is 14.7 Å². The smallest absolute Gasteiger partial charge is 0.220 e. The Morgan fingerprint density at radius 2 is 1.72 bits per heavy atom. The number of piperidine rings is 1. The molecule has 1 aliphatic rings. The summed E-state index contributed by atoms with van der Waals surface area (Å²) in [4.78, 5) is 21.0. The predicted octanol–water partition coefficient (Wildman–Crippen LogP) is 5.15. The van der Waals surface area contributed by atoms with E-state index in [1.54, 1.807) is 13.1 Å². The summed E-state index contributed by atoms with van der Waals surface area (Å²) in [5.74, 6) is 0.352. The molecule has 32 heavy (non-hydrogen) atoms. The minimum Gasteiger partial charge on any atom is -0.333 e. The fourth-order valence-electron chi connectivity index (χ4n) is 4.50. The summed E-state index contributed by atoms with van der Waals surface area (Å²) in [5.41, 5.74) is 4.61. The average molecular weight is 432 g/mol. The van der Waals surface area contributed by atoms with Gasteiger partial charge in [-0.15, -0.1) is 0 Å². The first-order valence-electron chi connectivity index (χ1n) is 11.3. The summed E-state index contributed by atoms with van der Waals surface area (Å²) in [5, 5.41) is 0. The van der Waals surface area contributed by atoms with E-state index in [0.29, 0.717) is 19.0 Å². The van der Waals surface area contributed by atoms with Crippen molar-refractivity contribution in [2.45, 2.75) is 45.3 Å². The van der Waals surface area contributed by atoms with Crippen LogP contribution in [0.1, 0.15) is 48.1 Å². The van der Waals surface area contributed by atoms with Crippen LogP contribution < -0.4 is 0 Å². The van der Waals surface area contributed by atoms with Gasteiger partial charge in [-0.25, -0.2) is 4.39 Å². The Kier molecular flexibility index (Phi) is 7.28.